The van der Waals surface area contributed by atoms with Crippen LogP contribution in [0.25, 0.3) is 0 Å². The fourth-order valence-corrected chi connectivity index (χ4v) is 3.65. The van der Waals surface area contributed by atoms with E-state index in [9.17, 15) is 0 Å². The third-order valence-corrected chi connectivity index (χ3v) is 4.63. The lowest BCUT2D eigenvalue weighted by Gasteiger charge is -2.32. The van der Waals surface area contributed by atoms with Crippen molar-refractivity contribution in [1.82, 2.24) is 0 Å². The molecule has 100 valence electrons. The van der Waals surface area contributed by atoms with Crippen LogP contribution in [0.3, 0.4) is 0 Å². The minimum Gasteiger partial charge on any atom is -0.394 e. The Labute approximate surface area is 106 Å². The van der Waals surface area contributed by atoms with Gasteiger partial charge < -0.3 is 9.84 Å². The van der Waals surface area contributed by atoms with Gasteiger partial charge in [0, 0.05) is 0 Å². The van der Waals surface area contributed by atoms with Gasteiger partial charge in [-0.15, -0.1) is 0 Å². The van der Waals surface area contributed by atoms with E-state index in [0.29, 0.717) is 12.7 Å². The maximum absolute atomic E-state index is 8.74. The fourth-order valence-electron chi connectivity index (χ4n) is 3.65. The molecule has 0 unspecified atom stereocenters. The smallest absolute Gasteiger partial charge is 0.0701 e. The highest BCUT2D eigenvalue weighted by atomic mass is 16.5. The van der Waals surface area contributed by atoms with Crippen molar-refractivity contribution in [3.8, 4) is 0 Å². The highest BCUT2D eigenvalue weighted by Crippen LogP contribution is 2.35. The molecule has 0 aromatic heterocycles. The maximum atomic E-state index is 8.74. The Hall–Kier alpha value is -0.0800. The topological polar surface area (TPSA) is 29.5 Å². The Kier molecular flexibility index (Phi) is 5.79. The van der Waals surface area contributed by atoms with Crippen LogP contribution in [-0.4, -0.2) is 24.4 Å². The second-order valence-corrected chi connectivity index (χ2v) is 5.98. The Morgan fingerprint density at radius 1 is 0.824 bits per heavy atom. The molecular formula is C15H28O2. The van der Waals surface area contributed by atoms with Crippen molar-refractivity contribution in [2.75, 3.05) is 13.2 Å². The van der Waals surface area contributed by atoms with E-state index < -0.39 is 0 Å². The zero-order valence-electron chi connectivity index (χ0n) is 11.1. The van der Waals surface area contributed by atoms with Crippen LogP contribution in [0.15, 0.2) is 0 Å². The summed E-state index contributed by atoms with van der Waals surface area (Å²) in [5, 5.41) is 8.74. The Morgan fingerprint density at radius 2 is 1.47 bits per heavy atom. The highest BCUT2D eigenvalue weighted by molar-refractivity contribution is 4.76. The molecular weight excluding hydrogens is 212 g/mol. The second-order valence-electron chi connectivity index (χ2n) is 5.98. The van der Waals surface area contributed by atoms with Crippen LogP contribution >= 0.6 is 0 Å². The fraction of sp³-hybridized carbons (Fsp3) is 1.00. The largest absolute Gasteiger partial charge is 0.394 e. The van der Waals surface area contributed by atoms with E-state index in [1.165, 1.54) is 64.2 Å². The summed E-state index contributed by atoms with van der Waals surface area (Å²) in [6.07, 6.45) is 14.4. The first-order chi connectivity index (χ1) is 8.38. The lowest BCUT2D eigenvalue weighted by molar-refractivity contribution is -0.00192. The van der Waals surface area contributed by atoms with E-state index >= 15 is 0 Å². The molecule has 2 nitrogen and oxygen atoms in total. The van der Waals surface area contributed by atoms with Crippen molar-refractivity contribution in [1.29, 1.82) is 0 Å². The van der Waals surface area contributed by atoms with Crippen molar-refractivity contribution in [2.45, 2.75) is 70.3 Å². The zero-order chi connectivity index (χ0) is 11.9. The minimum atomic E-state index is 0.169. The monoisotopic (exact) mass is 240 g/mol. The molecule has 17 heavy (non-hydrogen) atoms. The predicted octanol–water partition coefficient (Wildman–Crippen LogP) is 3.52. The van der Waals surface area contributed by atoms with Crippen LogP contribution in [0, 0.1) is 11.8 Å². The quantitative estimate of drug-likeness (QED) is 0.796. The second kappa shape index (κ2) is 7.38. The number of rotatable bonds is 5. The van der Waals surface area contributed by atoms with Gasteiger partial charge >= 0.3 is 0 Å². The van der Waals surface area contributed by atoms with Crippen molar-refractivity contribution < 1.29 is 9.84 Å². The van der Waals surface area contributed by atoms with Gasteiger partial charge in [0.2, 0.25) is 0 Å². The van der Waals surface area contributed by atoms with E-state index in [1.807, 2.05) is 0 Å². The molecule has 0 bridgehead atoms. The van der Waals surface area contributed by atoms with Gasteiger partial charge in [-0.1, -0.05) is 32.1 Å². The van der Waals surface area contributed by atoms with Crippen LogP contribution in [0.2, 0.25) is 0 Å². The number of aliphatic hydroxyl groups excluding tert-OH is 1. The number of ether oxygens (including phenoxy) is 1. The van der Waals surface area contributed by atoms with Gasteiger partial charge in [0.15, 0.2) is 0 Å². The molecule has 2 aliphatic rings. The van der Waals surface area contributed by atoms with Crippen molar-refractivity contribution in [2.24, 2.45) is 11.8 Å². The molecule has 2 rings (SSSR count). The first-order valence-corrected chi connectivity index (χ1v) is 7.61. The van der Waals surface area contributed by atoms with E-state index in [-0.39, 0.29) is 6.61 Å². The molecule has 1 N–H and O–H groups in total. The summed E-state index contributed by atoms with van der Waals surface area (Å²) in [6, 6.07) is 0. The first kappa shape index (κ1) is 13.4. The minimum absolute atomic E-state index is 0.169. The summed E-state index contributed by atoms with van der Waals surface area (Å²) >= 11 is 0. The maximum Gasteiger partial charge on any atom is 0.0701 e. The lowest BCUT2D eigenvalue weighted by Crippen LogP contribution is -2.24. The summed E-state index contributed by atoms with van der Waals surface area (Å²) in [4.78, 5) is 0. The summed E-state index contributed by atoms with van der Waals surface area (Å²) in [5.74, 6) is 2.00. The van der Waals surface area contributed by atoms with E-state index in [1.54, 1.807) is 0 Å². The summed E-state index contributed by atoms with van der Waals surface area (Å²) in [6.45, 7) is 0.694. The van der Waals surface area contributed by atoms with Gasteiger partial charge in [0.05, 0.1) is 19.3 Å². The van der Waals surface area contributed by atoms with Gasteiger partial charge in [0.1, 0.15) is 0 Å². The molecule has 0 amide bonds. The molecule has 0 spiro atoms. The average molecular weight is 240 g/mol. The number of aliphatic hydroxyl groups is 1. The molecule has 0 aliphatic heterocycles. The van der Waals surface area contributed by atoms with E-state index in [2.05, 4.69) is 0 Å². The van der Waals surface area contributed by atoms with Crippen LogP contribution in [0.5, 0.6) is 0 Å². The van der Waals surface area contributed by atoms with E-state index in [4.69, 9.17) is 9.84 Å². The highest BCUT2D eigenvalue weighted by Gasteiger charge is 2.24. The zero-order valence-corrected chi connectivity index (χ0v) is 11.1. The molecule has 0 atom stereocenters. The summed E-state index contributed by atoms with van der Waals surface area (Å²) < 4.78 is 5.62. The third kappa shape index (κ3) is 4.59. The third-order valence-electron chi connectivity index (χ3n) is 4.63. The molecule has 2 aliphatic carbocycles. The molecule has 0 saturated heterocycles. The van der Waals surface area contributed by atoms with Gasteiger partial charge in [-0.05, 0) is 43.9 Å². The molecule has 2 heteroatoms. The van der Waals surface area contributed by atoms with Crippen molar-refractivity contribution in [3.05, 3.63) is 0 Å². The van der Waals surface area contributed by atoms with Gasteiger partial charge in [-0.25, -0.2) is 0 Å². The lowest BCUT2D eigenvalue weighted by atomic mass is 9.77. The van der Waals surface area contributed by atoms with Gasteiger partial charge in [0.25, 0.3) is 0 Å². The van der Waals surface area contributed by atoms with Crippen LogP contribution in [0.4, 0.5) is 0 Å². The normalized spacial score (nSPS) is 31.6. The van der Waals surface area contributed by atoms with Crippen LogP contribution in [-0.2, 0) is 4.74 Å². The molecule has 0 radical (unpaired) electrons. The van der Waals surface area contributed by atoms with Gasteiger partial charge in [-0.3, -0.25) is 0 Å². The van der Waals surface area contributed by atoms with E-state index in [0.717, 1.165) is 11.8 Å². The molecule has 0 aromatic carbocycles. The molecule has 0 aromatic rings. The van der Waals surface area contributed by atoms with Crippen molar-refractivity contribution >= 4 is 0 Å². The van der Waals surface area contributed by atoms with Crippen LogP contribution < -0.4 is 0 Å². The number of hydrogen-bond donors (Lipinski definition) is 1. The number of hydrogen-bond acceptors (Lipinski definition) is 2. The standard InChI is InChI=1S/C15H28O2/c16-10-11-17-15-8-6-14(7-9-15)12-13-4-2-1-3-5-13/h13-16H,1-12H2. The Balaban J connectivity index is 1.61. The average Bonchev–Trinajstić information content (AvgIpc) is 2.39. The van der Waals surface area contributed by atoms with Crippen LogP contribution in [0.1, 0.15) is 64.2 Å². The summed E-state index contributed by atoms with van der Waals surface area (Å²) in [7, 11) is 0. The SMILES string of the molecule is OCCOC1CCC(CC2CCCCC2)CC1. The summed E-state index contributed by atoms with van der Waals surface area (Å²) in [5.41, 5.74) is 0. The molecule has 2 fully saturated rings. The molecule has 2 saturated carbocycles. The predicted molar refractivity (Wildman–Crippen MR) is 70.0 cm³/mol. The van der Waals surface area contributed by atoms with Gasteiger partial charge in [-0.2, -0.15) is 0 Å². The van der Waals surface area contributed by atoms with Crippen molar-refractivity contribution in [3.63, 3.8) is 0 Å². The molecule has 0 heterocycles. The first-order valence-electron chi connectivity index (χ1n) is 7.61. The Morgan fingerprint density at radius 3 is 2.12 bits per heavy atom. The Bertz CT molecular complexity index is 191.